The van der Waals surface area contributed by atoms with Gasteiger partial charge in [0.05, 0.1) is 13.0 Å². The second-order valence-electron chi connectivity index (χ2n) is 8.37. The zero-order chi connectivity index (χ0) is 22.7. The summed E-state index contributed by atoms with van der Waals surface area (Å²) in [7, 11) is 0. The van der Waals surface area contributed by atoms with Crippen molar-refractivity contribution in [2.75, 3.05) is 11.5 Å². The summed E-state index contributed by atoms with van der Waals surface area (Å²) in [5, 5.41) is 9.90. The average Bonchev–Trinajstić information content (AvgIpc) is 3.24. The number of carbonyl (C=O) groups is 1. The van der Waals surface area contributed by atoms with Crippen LogP contribution in [-0.2, 0) is 17.8 Å². The van der Waals surface area contributed by atoms with Gasteiger partial charge in [0.25, 0.3) is 0 Å². The number of pyridine rings is 1. The van der Waals surface area contributed by atoms with Gasteiger partial charge in [-0.1, -0.05) is 60.1 Å². The summed E-state index contributed by atoms with van der Waals surface area (Å²) in [6, 6.07) is 20.2. The number of nitrogens with zero attached hydrogens (tertiary/aromatic N) is 2. The Morgan fingerprint density at radius 2 is 1.94 bits per heavy atom. The van der Waals surface area contributed by atoms with Crippen molar-refractivity contribution in [3.05, 3.63) is 88.1 Å². The van der Waals surface area contributed by atoms with Crippen molar-refractivity contribution in [3.63, 3.8) is 0 Å². The van der Waals surface area contributed by atoms with Crippen molar-refractivity contribution in [3.8, 4) is 5.75 Å². The van der Waals surface area contributed by atoms with Gasteiger partial charge in [0.2, 0.25) is 0 Å². The maximum absolute atomic E-state index is 11.7. The lowest BCUT2D eigenvalue weighted by molar-refractivity contribution is -0.137. The average molecular weight is 451 g/mol. The number of carboxylic acid groups (broad SMARTS) is 1. The summed E-state index contributed by atoms with van der Waals surface area (Å²) >= 11 is 6.66. The minimum atomic E-state index is -0.885. The number of carboxylic acids is 1. The molecule has 166 valence electrons. The van der Waals surface area contributed by atoms with Gasteiger partial charge in [-0.05, 0) is 48.2 Å². The van der Waals surface area contributed by atoms with E-state index in [0.29, 0.717) is 23.9 Å². The molecule has 0 amide bonds. The van der Waals surface area contributed by atoms with Gasteiger partial charge in [-0.2, -0.15) is 0 Å². The number of aliphatic carboxylic acids is 1. The number of halogens is 1. The fraction of sp³-hybridized carbons (Fsp3) is 0.308. The molecule has 1 aromatic heterocycles. The Hall–Kier alpha value is -3.05. The Kier molecular flexibility index (Phi) is 6.66. The predicted octanol–water partition coefficient (Wildman–Crippen LogP) is 5.69. The molecule has 0 saturated carbocycles. The molecule has 4 rings (SSSR count). The Morgan fingerprint density at radius 1 is 1.16 bits per heavy atom. The van der Waals surface area contributed by atoms with Crippen molar-refractivity contribution in [1.29, 1.82) is 0 Å². The van der Waals surface area contributed by atoms with Crippen LogP contribution in [0, 0.1) is 0 Å². The van der Waals surface area contributed by atoms with Gasteiger partial charge in [0.1, 0.15) is 16.7 Å². The Balaban J connectivity index is 1.66. The van der Waals surface area contributed by atoms with Crippen molar-refractivity contribution >= 4 is 23.4 Å². The van der Waals surface area contributed by atoms with Crippen LogP contribution in [0.25, 0.3) is 0 Å². The van der Waals surface area contributed by atoms with Crippen molar-refractivity contribution in [2.45, 2.75) is 45.2 Å². The highest BCUT2D eigenvalue weighted by molar-refractivity contribution is 6.30. The smallest absolute Gasteiger partial charge is 0.304 e. The fourth-order valence-electron chi connectivity index (χ4n) is 4.15. The molecule has 5 nitrogen and oxygen atoms in total. The summed E-state index contributed by atoms with van der Waals surface area (Å²) in [6.07, 6.45) is 0.806. The quantitative estimate of drug-likeness (QED) is 0.446. The van der Waals surface area contributed by atoms with Gasteiger partial charge in [-0.3, -0.25) is 4.79 Å². The highest BCUT2D eigenvalue weighted by Crippen LogP contribution is 2.37. The van der Waals surface area contributed by atoms with Crippen LogP contribution in [0.15, 0.2) is 60.7 Å². The minimum Gasteiger partial charge on any atom is -0.493 e. The lowest BCUT2D eigenvalue weighted by Gasteiger charge is -2.29. The lowest BCUT2D eigenvalue weighted by atomic mass is 9.88. The Bertz CT molecular complexity index is 1100. The summed E-state index contributed by atoms with van der Waals surface area (Å²) in [6.45, 7) is 5.60. The predicted molar refractivity (Wildman–Crippen MR) is 127 cm³/mol. The molecule has 0 bridgehead atoms. The highest BCUT2D eigenvalue weighted by Gasteiger charge is 2.25. The highest BCUT2D eigenvalue weighted by atomic mass is 35.5. The van der Waals surface area contributed by atoms with Gasteiger partial charge in [-0.25, -0.2) is 4.98 Å². The van der Waals surface area contributed by atoms with E-state index in [4.69, 9.17) is 16.3 Å². The molecule has 0 fully saturated rings. The third-order valence-electron chi connectivity index (χ3n) is 5.85. The van der Waals surface area contributed by atoms with E-state index in [9.17, 15) is 9.90 Å². The summed E-state index contributed by atoms with van der Waals surface area (Å²) in [4.78, 5) is 18.5. The molecule has 0 spiro atoms. The number of anilines is 1. The minimum absolute atomic E-state index is 0.0720. The number of ether oxygens (including phenoxy) is 1. The normalized spacial score (nSPS) is 13.5. The molecule has 0 saturated heterocycles. The van der Waals surface area contributed by atoms with Crippen LogP contribution >= 0.6 is 11.6 Å². The van der Waals surface area contributed by atoms with Gasteiger partial charge >= 0.3 is 5.97 Å². The maximum Gasteiger partial charge on any atom is 0.304 e. The number of benzene rings is 2. The third kappa shape index (κ3) is 4.89. The molecule has 0 aliphatic carbocycles. The monoisotopic (exact) mass is 450 g/mol. The number of fused-ring (bicyclic) bond motifs is 1. The molecule has 1 atom stereocenters. The van der Waals surface area contributed by atoms with E-state index in [1.807, 2.05) is 48.5 Å². The van der Waals surface area contributed by atoms with Crippen LogP contribution in [0.2, 0.25) is 5.15 Å². The van der Waals surface area contributed by atoms with Crippen LogP contribution in [0.4, 0.5) is 5.82 Å². The van der Waals surface area contributed by atoms with E-state index in [1.165, 1.54) is 5.56 Å². The van der Waals surface area contributed by atoms with Crippen molar-refractivity contribution < 1.29 is 14.6 Å². The van der Waals surface area contributed by atoms with E-state index in [2.05, 4.69) is 35.9 Å². The Labute approximate surface area is 193 Å². The zero-order valence-corrected chi connectivity index (χ0v) is 19.0. The first kappa shape index (κ1) is 22.2. The second kappa shape index (κ2) is 9.61. The standard InChI is InChI=1S/C26H27ClN2O3/c1-17(2)29(16-18-6-4-3-5-7-18)24-11-10-21(26(27)28-24)22(15-25(30)31)20-9-8-19-12-13-32-23(19)14-20/h3-11,14,17,22H,12-13,15-16H2,1-2H3,(H,30,31)/t22-/m0/s1. The summed E-state index contributed by atoms with van der Waals surface area (Å²) in [5.74, 6) is 0.304. The molecule has 32 heavy (non-hydrogen) atoms. The van der Waals surface area contributed by atoms with Crippen LogP contribution < -0.4 is 9.64 Å². The molecule has 6 heteroatoms. The van der Waals surface area contributed by atoms with Gasteiger partial charge in [0, 0.05) is 24.9 Å². The van der Waals surface area contributed by atoms with E-state index in [-0.39, 0.29) is 12.5 Å². The van der Waals surface area contributed by atoms with Crippen molar-refractivity contribution in [2.24, 2.45) is 0 Å². The summed E-state index contributed by atoms with van der Waals surface area (Å²) in [5.41, 5.74) is 3.91. The van der Waals surface area contributed by atoms with E-state index in [0.717, 1.165) is 29.1 Å². The number of rotatable bonds is 8. The first-order valence-electron chi connectivity index (χ1n) is 10.9. The first-order valence-corrected chi connectivity index (χ1v) is 11.2. The third-order valence-corrected chi connectivity index (χ3v) is 6.16. The van der Waals surface area contributed by atoms with Crippen LogP contribution in [0.5, 0.6) is 5.75 Å². The van der Waals surface area contributed by atoms with Gasteiger partial charge < -0.3 is 14.7 Å². The number of hydrogen-bond donors (Lipinski definition) is 1. The Morgan fingerprint density at radius 3 is 2.62 bits per heavy atom. The summed E-state index contributed by atoms with van der Waals surface area (Å²) < 4.78 is 5.69. The maximum atomic E-state index is 11.7. The topological polar surface area (TPSA) is 62.7 Å². The lowest BCUT2D eigenvalue weighted by Crippen LogP contribution is -2.31. The second-order valence-corrected chi connectivity index (χ2v) is 8.73. The zero-order valence-electron chi connectivity index (χ0n) is 18.3. The van der Waals surface area contributed by atoms with Crippen molar-refractivity contribution in [1.82, 2.24) is 4.98 Å². The van der Waals surface area contributed by atoms with Crippen LogP contribution in [-0.4, -0.2) is 28.7 Å². The molecule has 0 unspecified atom stereocenters. The SMILES string of the molecule is CC(C)N(Cc1ccccc1)c1ccc([C@@H](CC(=O)O)c2ccc3c(c2)OCC3)c(Cl)n1. The largest absolute Gasteiger partial charge is 0.493 e. The first-order chi connectivity index (χ1) is 15.4. The fourth-order valence-corrected chi connectivity index (χ4v) is 4.43. The van der Waals surface area contributed by atoms with Gasteiger partial charge in [0.15, 0.2) is 0 Å². The van der Waals surface area contributed by atoms with Gasteiger partial charge in [-0.15, -0.1) is 0 Å². The molecular weight excluding hydrogens is 424 g/mol. The molecule has 2 heterocycles. The number of aromatic nitrogens is 1. The van der Waals surface area contributed by atoms with E-state index >= 15 is 0 Å². The molecule has 1 aliphatic heterocycles. The number of hydrogen-bond acceptors (Lipinski definition) is 4. The van der Waals surface area contributed by atoms with Crippen LogP contribution in [0.3, 0.4) is 0 Å². The molecular formula is C26H27ClN2O3. The molecule has 1 aliphatic rings. The molecule has 2 aromatic carbocycles. The molecule has 1 N–H and O–H groups in total. The van der Waals surface area contributed by atoms with Crippen LogP contribution in [0.1, 0.15) is 48.4 Å². The van der Waals surface area contributed by atoms with E-state index < -0.39 is 11.9 Å². The van der Waals surface area contributed by atoms with E-state index in [1.54, 1.807) is 0 Å². The molecule has 3 aromatic rings. The molecule has 0 radical (unpaired) electrons.